The van der Waals surface area contributed by atoms with E-state index in [9.17, 15) is 5.26 Å². The highest BCUT2D eigenvalue weighted by Crippen LogP contribution is 2.44. The van der Waals surface area contributed by atoms with Gasteiger partial charge in [0.15, 0.2) is 0 Å². The van der Waals surface area contributed by atoms with Gasteiger partial charge in [0.25, 0.3) is 0 Å². The first-order valence-corrected chi connectivity index (χ1v) is 15.5. The highest BCUT2D eigenvalue weighted by molar-refractivity contribution is 6.88. The summed E-state index contributed by atoms with van der Waals surface area (Å²) in [5, 5.41) is 18.9. The molecule has 0 amide bonds. The Bertz CT molecular complexity index is 1720. The van der Waals surface area contributed by atoms with Crippen molar-refractivity contribution >= 4 is 62.6 Å². The lowest BCUT2D eigenvalue weighted by molar-refractivity contribution is 1.28. The Labute approximate surface area is 207 Å². The van der Waals surface area contributed by atoms with E-state index in [1.165, 1.54) is 37.5 Å². The molecule has 0 aromatic heterocycles. The number of hydrogen-bond donors (Lipinski definition) is 0. The summed E-state index contributed by atoms with van der Waals surface area (Å²) in [5.74, 6) is 0. The number of rotatable bonds is 4. The quantitative estimate of drug-likeness (QED) is 0.192. The number of para-hydroxylation sites is 1. The van der Waals surface area contributed by atoms with Crippen molar-refractivity contribution in [1.29, 1.82) is 5.26 Å². The SMILES string of the molecule is C[Si](C)(C)c1ccc(N(c2ccccc2C#N)c2ccc3ccc4cccc5ccc2c3c45)cc1. The summed E-state index contributed by atoms with van der Waals surface area (Å²) in [7, 11) is -1.43. The molecule has 0 fully saturated rings. The summed E-state index contributed by atoms with van der Waals surface area (Å²) in [6.45, 7) is 7.10. The summed E-state index contributed by atoms with van der Waals surface area (Å²) in [5.41, 5.74) is 3.70. The molecule has 6 rings (SSSR count). The molecule has 0 radical (unpaired) electrons. The van der Waals surface area contributed by atoms with Crippen LogP contribution in [-0.2, 0) is 0 Å². The molecule has 0 N–H and O–H groups in total. The minimum atomic E-state index is -1.43. The van der Waals surface area contributed by atoms with Crippen LogP contribution in [0.25, 0.3) is 32.3 Å². The summed E-state index contributed by atoms with van der Waals surface area (Å²) < 4.78 is 0. The number of benzene rings is 6. The summed E-state index contributed by atoms with van der Waals surface area (Å²) >= 11 is 0. The van der Waals surface area contributed by atoms with Gasteiger partial charge in [0.1, 0.15) is 6.07 Å². The fraction of sp³-hybridized carbons (Fsp3) is 0.0938. The average molecular weight is 467 g/mol. The second-order valence-corrected chi connectivity index (χ2v) is 15.3. The van der Waals surface area contributed by atoms with Gasteiger partial charge < -0.3 is 4.90 Å². The van der Waals surface area contributed by atoms with Gasteiger partial charge >= 0.3 is 0 Å². The first-order chi connectivity index (χ1) is 17.0. The monoisotopic (exact) mass is 466 g/mol. The standard InChI is InChI=1S/C32H26N2Si/c1-35(2,3)27-17-15-26(16-18-27)34(29-10-5-4-7-25(29)21-33)30-20-14-24-12-11-22-8-6-9-23-13-19-28(30)32(24)31(22)23/h4-20H,1-3H3. The van der Waals surface area contributed by atoms with Gasteiger partial charge in [0.05, 0.1) is 25.0 Å². The molecule has 0 unspecified atom stereocenters. The normalized spacial score (nSPS) is 11.8. The van der Waals surface area contributed by atoms with Gasteiger partial charge in [0.2, 0.25) is 0 Å². The maximum Gasteiger partial charge on any atom is 0.101 e. The molecule has 0 spiro atoms. The van der Waals surface area contributed by atoms with Gasteiger partial charge in [-0.25, -0.2) is 0 Å². The zero-order valence-electron chi connectivity index (χ0n) is 20.2. The van der Waals surface area contributed by atoms with Crippen molar-refractivity contribution in [2.45, 2.75) is 19.6 Å². The second-order valence-electron chi connectivity index (χ2n) is 10.2. The molecule has 0 aliphatic heterocycles. The largest absolute Gasteiger partial charge is 0.309 e. The van der Waals surface area contributed by atoms with Gasteiger partial charge in [-0.15, -0.1) is 0 Å². The molecular weight excluding hydrogens is 440 g/mol. The minimum Gasteiger partial charge on any atom is -0.309 e. The number of nitrogens with zero attached hydrogens (tertiary/aromatic N) is 2. The first kappa shape index (κ1) is 21.4. The van der Waals surface area contributed by atoms with E-state index in [0.717, 1.165) is 17.1 Å². The van der Waals surface area contributed by atoms with Crippen molar-refractivity contribution in [3.8, 4) is 6.07 Å². The number of nitriles is 1. The summed E-state index contributed by atoms with van der Waals surface area (Å²) in [6.07, 6.45) is 0. The Morgan fingerprint density at radius 1 is 0.600 bits per heavy atom. The second kappa shape index (κ2) is 7.97. The molecule has 35 heavy (non-hydrogen) atoms. The predicted molar refractivity (Wildman–Crippen MR) is 153 cm³/mol. The number of anilines is 3. The minimum absolute atomic E-state index is 0.660. The Balaban J connectivity index is 1.67. The average Bonchev–Trinajstić information content (AvgIpc) is 2.88. The third-order valence-corrected chi connectivity index (χ3v) is 9.07. The van der Waals surface area contributed by atoms with Crippen LogP contribution in [0, 0.1) is 11.3 Å². The van der Waals surface area contributed by atoms with E-state index in [1.54, 1.807) is 0 Å². The van der Waals surface area contributed by atoms with Gasteiger partial charge in [-0.2, -0.15) is 5.26 Å². The van der Waals surface area contributed by atoms with Crippen LogP contribution in [0.1, 0.15) is 5.56 Å². The Morgan fingerprint density at radius 2 is 1.23 bits per heavy atom. The van der Waals surface area contributed by atoms with Crippen LogP contribution in [-0.4, -0.2) is 8.07 Å². The van der Waals surface area contributed by atoms with Crippen LogP contribution < -0.4 is 10.1 Å². The van der Waals surface area contributed by atoms with Crippen LogP contribution in [0.5, 0.6) is 0 Å². The maximum atomic E-state index is 9.98. The molecule has 0 saturated carbocycles. The van der Waals surface area contributed by atoms with Crippen molar-refractivity contribution in [3.63, 3.8) is 0 Å². The molecule has 6 aromatic rings. The molecule has 0 saturated heterocycles. The zero-order chi connectivity index (χ0) is 24.2. The topological polar surface area (TPSA) is 27.0 Å². The van der Waals surface area contributed by atoms with Crippen molar-refractivity contribution in [2.24, 2.45) is 0 Å². The van der Waals surface area contributed by atoms with Gasteiger partial charge in [-0.05, 0) is 57.3 Å². The third kappa shape index (κ3) is 3.46. The lowest BCUT2D eigenvalue weighted by Gasteiger charge is -2.29. The fourth-order valence-corrected chi connectivity index (χ4v) is 6.36. The predicted octanol–water partition coefficient (Wildman–Crippen LogP) is 8.47. The lowest BCUT2D eigenvalue weighted by atomic mass is 9.93. The molecular formula is C32H26N2Si. The fourth-order valence-electron chi connectivity index (χ4n) is 5.20. The number of hydrogen-bond acceptors (Lipinski definition) is 2. The molecule has 6 aromatic carbocycles. The van der Waals surface area contributed by atoms with E-state index in [0.29, 0.717) is 5.56 Å². The van der Waals surface area contributed by atoms with E-state index in [2.05, 4.69) is 109 Å². The van der Waals surface area contributed by atoms with Crippen LogP contribution in [0.4, 0.5) is 17.1 Å². The molecule has 0 bridgehead atoms. The van der Waals surface area contributed by atoms with Crippen LogP contribution in [0.15, 0.2) is 103 Å². The van der Waals surface area contributed by atoms with Gasteiger partial charge in [-0.1, -0.05) is 97.6 Å². The highest BCUT2D eigenvalue weighted by Gasteiger charge is 2.21. The summed E-state index contributed by atoms with van der Waals surface area (Å²) in [4.78, 5) is 2.25. The zero-order valence-corrected chi connectivity index (χ0v) is 21.2. The Morgan fingerprint density at radius 3 is 1.91 bits per heavy atom. The summed E-state index contributed by atoms with van der Waals surface area (Å²) in [6, 6.07) is 39.0. The van der Waals surface area contributed by atoms with Crippen molar-refractivity contribution in [3.05, 3.63) is 109 Å². The molecule has 2 nitrogen and oxygen atoms in total. The lowest BCUT2D eigenvalue weighted by Crippen LogP contribution is -2.37. The van der Waals surface area contributed by atoms with E-state index in [1.807, 2.05) is 24.3 Å². The van der Waals surface area contributed by atoms with Crippen LogP contribution in [0.2, 0.25) is 19.6 Å². The van der Waals surface area contributed by atoms with Crippen molar-refractivity contribution < 1.29 is 0 Å². The molecule has 0 atom stereocenters. The van der Waals surface area contributed by atoms with Crippen LogP contribution in [0.3, 0.4) is 0 Å². The van der Waals surface area contributed by atoms with Crippen LogP contribution >= 0.6 is 0 Å². The molecule has 0 heterocycles. The van der Waals surface area contributed by atoms with E-state index < -0.39 is 8.07 Å². The van der Waals surface area contributed by atoms with Gasteiger partial charge in [-0.3, -0.25) is 0 Å². The molecule has 3 heteroatoms. The van der Waals surface area contributed by atoms with Crippen molar-refractivity contribution in [1.82, 2.24) is 0 Å². The van der Waals surface area contributed by atoms with Gasteiger partial charge in [0, 0.05) is 11.1 Å². The van der Waals surface area contributed by atoms with E-state index in [-0.39, 0.29) is 0 Å². The maximum absolute atomic E-state index is 9.98. The smallest absolute Gasteiger partial charge is 0.101 e. The van der Waals surface area contributed by atoms with E-state index in [4.69, 9.17) is 0 Å². The molecule has 0 aliphatic rings. The Kier molecular flexibility index (Phi) is 4.88. The first-order valence-electron chi connectivity index (χ1n) is 12.0. The highest BCUT2D eigenvalue weighted by atomic mass is 28.3. The third-order valence-electron chi connectivity index (χ3n) is 7.00. The molecule has 0 aliphatic carbocycles. The Hall–Kier alpha value is -4.13. The van der Waals surface area contributed by atoms with E-state index >= 15 is 0 Å². The van der Waals surface area contributed by atoms with Crippen molar-refractivity contribution in [2.75, 3.05) is 4.90 Å². The molecule has 168 valence electrons.